The lowest BCUT2D eigenvalue weighted by molar-refractivity contribution is -0.386. The van der Waals surface area contributed by atoms with Crippen LogP contribution in [0.3, 0.4) is 0 Å². The Kier molecular flexibility index (Phi) is 11.8. The van der Waals surface area contributed by atoms with E-state index in [-0.39, 0.29) is 24.1 Å². The Morgan fingerprint density at radius 1 is 0.807 bits per heavy atom. The molecular formula is C38H47NO18. The standard InChI is InChI=1S/C38H47NO18/c1-17-12-13-25-24(11-10-14-39-25)34(47)50-15-35(8)26-27(51-19(3)41)31(54-22(6)44)37(16-49-18(2)40)32(55-23(7)45)28(52-20(4)42)30(56-33(17)46)36(9,48)38(37,57-35)29(26)53-21(5)43/h10-11,14,17,26-32,48H,12-13,15-16H2,1-9H3/t17-,26+,27+,28-,29+,30-,31+,32-,35-,36-,37+,38-/m0/s1. The van der Waals surface area contributed by atoms with Crippen molar-refractivity contribution in [1.82, 2.24) is 4.98 Å². The summed E-state index contributed by atoms with van der Waals surface area (Å²) < 4.78 is 54.2. The lowest BCUT2D eigenvalue weighted by atomic mass is 9.45. The SMILES string of the molecule is CC(=O)OC[C@]12[C@H](OC(C)=O)[C@H](OC(C)=O)[C@@H]3[C@@H](OC(C)=O)[C@@]14O[C@@]3(C)COC(=O)c1cccnc1CC[C@H](C)C(=O)O[C@@H]([C@H](OC(C)=O)[C@@H]2OC(C)=O)[C@]4(C)O. The van der Waals surface area contributed by atoms with Gasteiger partial charge in [0.15, 0.2) is 30.0 Å². The molecule has 1 saturated heterocycles. The summed E-state index contributed by atoms with van der Waals surface area (Å²) >= 11 is 0. The van der Waals surface area contributed by atoms with Crippen LogP contribution < -0.4 is 0 Å². The molecule has 5 rings (SSSR count). The van der Waals surface area contributed by atoms with Crippen LogP contribution in [-0.2, 0) is 82.6 Å². The number of aliphatic hydroxyl groups is 1. The van der Waals surface area contributed by atoms with Crippen molar-refractivity contribution in [2.45, 2.75) is 129 Å². The van der Waals surface area contributed by atoms with Crippen LogP contribution in [0.4, 0.5) is 0 Å². The second-order valence-electron chi connectivity index (χ2n) is 15.3. The number of aromatic nitrogens is 1. The number of rotatable bonds is 7. The zero-order valence-electron chi connectivity index (χ0n) is 33.0. The Bertz CT molecular complexity index is 1840. The maximum absolute atomic E-state index is 14.1. The maximum Gasteiger partial charge on any atom is 0.340 e. The minimum absolute atomic E-state index is 0.0290. The number of aryl methyl sites for hydroxylation is 1. The van der Waals surface area contributed by atoms with Crippen LogP contribution in [0.2, 0.25) is 0 Å². The molecule has 2 saturated carbocycles. The number of pyridine rings is 1. The Hall–Kier alpha value is -5.17. The van der Waals surface area contributed by atoms with Crippen molar-refractivity contribution in [3.63, 3.8) is 0 Å². The van der Waals surface area contributed by atoms with Gasteiger partial charge >= 0.3 is 47.8 Å². The molecule has 0 radical (unpaired) electrons. The summed E-state index contributed by atoms with van der Waals surface area (Å²) in [5, 5.41) is 13.4. The normalized spacial score (nSPS) is 37.1. The fourth-order valence-electron chi connectivity index (χ4n) is 9.16. The molecule has 19 heteroatoms. The van der Waals surface area contributed by atoms with E-state index in [2.05, 4.69) is 4.98 Å². The molecule has 4 bridgehead atoms. The number of cyclic esters (lactones) is 1. The molecule has 1 spiro atoms. The average Bonchev–Trinajstić information content (AvgIpc) is 3.32. The molecule has 19 nitrogen and oxygen atoms in total. The Morgan fingerprint density at radius 3 is 1.91 bits per heavy atom. The topological polar surface area (TPSA) is 253 Å². The monoisotopic (exact) mass is 805 g/mol. The third-order valence-electron chi connectivity index (χ3n) is 11.1. The number of carbonyl (C=O) groups is 8. The highest BCUT2D eigenvalue weighted by Gasteiger charge is 2.92. The first kappa shape index (κ1) is 43.0. The maximum atomic E-state index is 14.1. The summed E-state index contributed by atoms with van der Waals surface area (Å²) in [6.45, 7) is 8.15. The summed E-state index contributed by atoms with van der Waals surface area (Å²) in [5.41, 5.74) is -9.87. The minimum Gasteiger partial charge on any atom is -0.465 e. The average molecular weight is 806 g/mol. The number of carbonyl (C=O) groups excluding carboxylic acids is 8. The summed E-state index contributed by atoms with van der Waals surface area (Å²) in [7, 11) is 0. The van der Waals surface area contributed by atoms with E-state index in [0.29, 0.717) is 0 Å². The second kappa shape index (κ2) is 15.6. The predicted molar refractivity (Wildman–Crippen MR) is 185 cm³/mol. The fraction of sp³-hybridized carbons (Fsp3) is 0.658. The van der Waals surface area contributed by atoms with E-state index in [1.54, 1.807) is 0 Å². The van der Waals surface area contributed by atoms with Gasteiger partial charge in [0.2, 0.25) is 0 Å². The third-order valence-corrected chi connectivity index (χ3v) is 11.1. The zero-order chi connectivity index (χ0) is 42.4. The van der Waals surface area contributed by atoms with Crippen LogP contribution >= 0.6 is 0 Å². The van der Waals surface area contributed by atoms with Crippen molar-refractivity contribution < 1.29 is 86.1 Å². The molecular weight excluding hydrogens is 758 g/mol. The summed E-state index contributed by atoms with van der Waals surface area (Å²) in [4.78, 5) is 111. The van der Waals surface area contributed by atoms with Gasteiger partial charge in [-0.3, -0.25) is 38.5 Å². The van der Waals surface area contributed by atoms with Crippen LogP contribution in [0.15, 0.2) is 18.3 Å². The number of esters is 8. The van der Waals surface area contributed by atoms with Gasteiger partial charge in [-0.25, -0.2) is 4.79 Å². The zero-order valence-corrected chi connectivity index (χ0v) is 33.0. The molecule has 1 aromatic rings. The number of ether oxygens (including phenoxy) is 9. The molecule has 0 amide bonds. The van der Waals surface area contributed by atoms with E-state index < -0.39 is 132 Å². The molecule has 1 aromatic heterocycles. The van der Waals surface area contributed by atoms with Crippen molar-refractivity contribution >= 4 is 47.8 Å². The van der Waals surface area contributed by atoms with Crippen LogP contribution in [-0.4, -0.2) is 124 Å². The molecule has 0 unspecified atom stereocenters. The summed E-state index contributed by atoms with van der Waals surface area (Å²) in [5.74, 6) is -10.5. The smallest absolute Gasteiger partial charge is 0.340 e. The van der Waals surface area contributed by atoms with Crippen molar-refractivity contribution in [2.75, 3.05) is 13.2 Å². The summed E-state index contributed by atoms with van der Waals surface area (Å²) in [6, 6.07) is 2.95. The first-order chi connectivity index (χ1) is 26.5. The quantitative estimate of drug-likeness (QED) is 0.296. The predicted octanol–water partition coefficient (Wildman–Crippen LogP) is 0.863. The highest BCUT2D eigenvalue weighted by molar-refractivity contribution is 5.90. The first-order valence-electron chi connectivity index (χ1n) is 18.3. The lowest BCUT2D eigenvalue weighted by Gasteiger charge is -2.67. The Labute approximate surface area is 327 Å². The van der Waals surface area contributed by atoms with E-state index in [4.69, 9.17) is 42.6 Å². The fourth-order valence-corrected chi connectivity index (χ4v) is 9.16. The molecule has 312 valence electrons. The molecule has 2 aliphatic carbocycles. The number of fused-ring (bicyclic) bond motifs is 5. The molecule has 3 heterocycles. The van der Waals surface area contributed by atoms with Gasteiger partial charge in [-0.15, -0.1) is 0 Å². The van der Waals surface area contributed by atoms with Crippen molar-refractivity contribution in [1.29, 1.82) is 0 Å². The van der Waals surface area contributed by atoms with Crippen LogP contribution in [0, 0.1) is 17.3 Å². The van der Waals surface area contributed by atoms with Gasteiger partial charge in [0.05, 0.1) is 23.1 Å². The van der Waals surface area contributed by atoms with Gasteiger partial charge in [-0.1, -0.05) is 6.92 Å². The highest BCUT2D eigenvalue weighted by atomic mass is 16.7. The van der Waals surface area contributed by atoms with E-state index in [1.807, 2.05) is 0 Å². The molecule has 57 heavy (non-hydrogen) atoms. The Balaban J connectivity index is 1.99. The number of hydrogen-bond acceptors (Lipinski definition) is 19. The van der Waals surface area contributed by atoms with Gasteiger partial charge in [0.25, 0.3) is 0 Å². The van der Waals surface area contributed by atoms with E-state index >= 15 is 0 Å². The highest BCUT2D eigenvalue weighted by Crippen LogP contribution is 2.70. The lowest BCUT2D eigenvalue weighted by Crippen LogP contribution is -2.89. The number of nitrogens with zero attached hydrogens (tertiary/aromatic N) is 1. The Morgan fingerprint density at radius 2 is 1.35 bits per heavy atom. The summed E-state index contributed by atoms with van der Waals surface area (Å²) in [6.07, 6.45) is -10.3. The van der Waals surface area contributed by atoms with Crippen molar-refractivity contribution in [2.24, 2.45) is 17.3 Å². The first-order valence-corrected chi connectivity index (χ1v) is 18.3. The second-order valence-corrected chi connectivity index (χ2v) is 15.3. The molecule has 1 N–H and O–H groups in total. The van der Waals surface area contributed by atoms with Gasteiger partial charge in [-0.2, -0.15) is 0 Å². The molecule has 12 atom stereocenters. The van der Waals surface area contributed by atoms with E-state index in [0.717, 1.165) is 48.5 Å². The van der Waals surface area contributed by atoms with Crippen molar-refractivity contribution in [3.05, 3.63) is 29.6 Å². The van der Waals surface area contributed by atoms with E-state index in [1.165, 1.54) is 32.2 Å². The molecule has 2 aliphatic heterocycles. The largest absolute Gasteiger partial charge is 0.465 e. The van der Waals surface area contributed by atoms with Crippen LogP contribution in [0.25, 0.3) is 0 Å². The number of hydrogen-bond donors (Lipinski definition) is 1. The van der Waals surface area contributed by atoms with Gasteiger partial charge in [0, 0.05) is 47.7 Å². The van der Waals surface area contributed by atoms with Crippen LogP contribution in [0.1, 0.15) is 84.8 Å². The van der Waals surface area contributed by atoms with Crippen molar-refractivity contribution in [3.8, 4) is 0 Å². The van der Waals surface area contributed by atoms with Gasteiger partial charge in [0.1, 0.15) is 42.0 Å². The molecule has 4 aliphatic rings. The van der Waals surface area contributed by atoms with Crippen LogP contribution in [0.5, 0.6) is 0 Å². The molecule has 0 aromatic carbocycles. The third kappa shape index (κ3) is 7.30. The van der Waals surface area contributed by atoms with Gasteiger partial charge < -0.3 is 47.7 Å². The molecule has 3 fully saturated rings. The minimum atomic E-state index is -2.80. The van der Waals surface area contributed by atoms with E-state index in [9.17, 15) is 43.5 Å². The van der Waals surface area contributed by atoms with Gasteiger partial charge in [-0.05, 0) is 38.8 Å².